The molecule has 0 saturated heterocycles. The molecule has 10 heteroatoms. The van der Waals surface area contributed by atoms with E-state index in [0.29, 0.717) is 12.6 Å². The Labute approximate surface area is 197 Å². The van der Waals surface area contributed by atoms with Gasteiger partial charge >= 0.3 is 0 Å². The Morgan fingerprint density at radius 1 is 1.12 bits per heavy atom. The lowest BCUT2D eigenvalue weighted by Gasteiger charge is -2.18. The third kappa shape index (κ3) is 5.67. The van der Waals surface area contributed by atoms with Crippen molar-refractivity contribution in [2.45, 2.75) is 82.5 Å². The molecule has 0 amide bonds. The summed E-state index contributed by atoms with van der Waals surface area (Å²) >= 11 is 0. The van der Waals surface area contributed by atoms with E-state index in [1.165, 1.54) is 26.9 Å². The van der Waals surface area contributed by atoms with E-state index < -0.39 is 17.9 Å². The van der Waals surface area contributed by atoms with Crippen molar-refractivity contribution in [2.75, 3.05) is 24.3 Å². The molecule has 1 heterocycles. The molecule has 4 rings (SSSR count). The van der Waals surface area contributed by atoms with E-state index in [-0.39, 0.29) is 30.7 Å². The monoisotopic (exact) mass is 492 g/mol. The van der Waals surface area contributed by atoms with E-state index in [2.05, 4.69) is 41.1 Å². The van der Waals surface area contributed by atoms with E-state index in [9.17, 15) is 8.42 Å². The Bertz CT molecular complexity index is 1080. The Morgan fingerprint density at radius 2 is 1.79 bits per heavy atom. The minimum Gasteiger partial charge on any atom is -0.396 e. The first-order valence-corrected chi connectivity index (χ1v) is 17.3. The third-order valence-corrected chi connectivity index (χ3v) is 9.68. The second-order valence-corrected chi connectivity index (χ2v) is 17.9. The van der Waals surface area contributed by atoms with Crippen molar-refractivity contribution >= 4 is 29.5 Å². The van der Waals surface area contributed by atoms with Crippen molar-refractivity contribution in [2.24, 2.45) is 0 Å². The third-order valence-electron chi connectivity index (χ3n) is 6.42. The maximum Gasteiger partial charge on any atom is 0.268 e. The fraction of sp³-hybridized carbons (Fsp3) is 0.652. The number of nitrogens with zero attached hydrogens (tertiary/aromatic N) is 3. The number of hydrogen-bond acceptors (Lipinski definition) is 7. The van der Waals surface area contributed by atoms with Gasteiger partial charge in [-0.2, -0.15) is 4.98 Å². The van der Waals surface area contributed by atoms with E-state index >= 15 is 0 Å². The molecule has 0 atom stereocenters. The topological polar surface area (TPSA) is 106 Å². The van der Waals surface area contributed by atoms with Gasteiger partial charge in [0.05, 0.1) is 5.75 Å². The zero-order valence-electron chi connectivity index (χ0n) is 20.0. The van der Waals surface area contributed by atoms with Crippen molar-refractivity contribution < 1.29 is 18.3 Å². The first-order valence-electron chi connectivity index (χ1n) is 12.0. The lowest BCUT2D eigenvalue weighted by Crippen LogP contribution is -2.22. The van der Waals surface area contributed by atoms with Gasteiger partial charge in [-0.25, -0.2) is 13.1 Å². The van der Waals surface area contributed by atoms with Gasteiger partial charge < -0.3 is 15.2 Å². The number of rotatable bonds is 11. The van der Waals surface area contributed by atoms with E-state index in [1.807, 2.05) is 0 Å². The number of nitrogens with one attached hydrogen (secondary N) is 1. The molecule has 2 aliphatic carbocycles. The van der Waals surface area contributed by atoms with Crippen LogP contribution in [-0.4, -0.2) is 55.3 Å². The summed E-state index contributed by atoms with van der Waals surface area (Å²) in [6.45, 7) is 7.45. The number of aliphatic hydroxyl groups excluding tert-OH is 1. The molecule has 8 nitrogen and oxygen atoms in total. The van der Waals surface area contributed by atoms with Crippen molar-refractivity contribution in [3.63, 3.8) is 0 Å². The molecule has 0 bridgehead atoms. The average Bonchev–Trinajstić information content (AvgIpc) is 3.48. The largest absolute Gasteiger partial charge is 0.396 e. The van der Waals surface area contributed by atoms with Gasteiger partial charge in [-0.15, -0.1) is 5.10 Å². The first-order chi connectivity index (χ1) is 15.7. The molecule has 0 spiro atoms. The molecule has 0 fully saturated rings. The lowest BCUT2D eigenvalue weighted by molar-refractivity contribution is 0.0792. The summed E-state index contributed by atoms with van der Waals surface area (Å²) in [6.07, 6.45) is 6.66. The summed E-state index contributed by atoms with van der Waals surface area (Å²) in [5.74, 6) is 0.222. The van der Waals surface area contributed by atoms with Crippen molar-refractivity contribution in [1.82, 2.24) is 14.8 Å². The molecule has 0 aliphatic heterocycles. The highest BCUT2D eigenvalue weighted by Crippen LogP contribution is 2.39. The number of hydrogen-bond donors (Lipinski definition) is 2. The number of aromatic nitrogens is 3. The second-order valence-electron chi connectivity index (χ2n) is 10.3. The smallest absolute Gasteiger partial charge is 0.268 e. The van der Waals surface area contributed by atoms with Crippen LogP contribution in [0.25, 0.3) is 0 Å². The first kappa shape index (κ1) is 24.4. The highest BCUT2D eigenvalue weighted by atomic mass is 32.2. The zero-order valence-corrected chi connectivity index (χ0v) is 21.8. The summed E-state index contributed by atoms with van der Waals surface area (Å²) in [7, 11) is -4.92. The zero-order chi connectivity index (χ0) is 23.6. The quantitative estimate of drug-likeness (QED) is 0.365. The number of aliphatic hydroxyl groups is 1. The summed E-state index contributed by atoms with van der Waals surface area (Å²) < 4.78 is 32.9. The molecule has 2 aliphatic rings. The molecule has 1 aromatic carbocycles. The fourth-order valence-electron chi connectivity index (χ4n) is 4.59. The predicted octanol–water partition coefficient (Wildman–Crippen LogP) is 3.47. The van der Waals surface area contributed by atoms with Gasteiger partial charge in [0.2, 0.25) is 15.8 Å². The summed E-state index contributed by atoms with van der Waals surface area (Å²) in [6, 6.07) is 3.39. The lowest BCUT2D eigenvalue weighted by atomic mass is 9.99. The number of anilines is 2. The Kier molecular flexibility index (Phi) is 7.28. The number of benzene rings is 1. The Balaban J connectivity index is 1.64. The molecule has 182 valence electrons. The summed E-state index contributed by atoms with van der Waals surface area (Å²) in [4.78, 5) is 4.41. The predicted molar refractivity (Wildman–Crippen MR) is 132 cm³/mol. The molecule has 1 aromatic heterocycles. The van der Waals surface area contributed by atoms with Crippen molar-refractivity contribution in [3.8, 4) is 0 Å². The van der Waals surface area contributed by atoms with Crippen LogP contribution >= 0.6 is 0 Å². The van der Waals surface area contributed by atoms with Crippen LogP contribution in [-0.2, 0) is 47.0 Å². The molecular weight excluding hydrogens is 456 g/mol. The SMILES string of the molecule is C[Si](C)(C)CCOCn1nc(S(=O)(=O)CCCO)nc1Nc1c2c(cc3c1CCC3)CCC2. The van der Waals surface area contributed by atoms with Crippen LogP contribution in [0.1, 0.15) is 41.5 Å². The second kappa shape index (κ2) is 9.85. The highest BCUT2D eigenvalue weighted by molar-refractivity contribution is 7.91. The molecule has 2 N–H and O–H groups in total. The number of ether oxygens (including phenoxy) is 1. The van der Waals surface area contributed by atoms with Crippen LogP contribution in [0, 0.1) is 0 Å². The Morgan fingerprint density at radius 3 is 2.39 bits per heavy atom. The number of fused-ring (bicyclic) bond motifs is 2. The van der Waals surface area contributed by atoms with E-state index in [0.717, 1.165) is 50.3 Å². The van der Waals surface area contributed by atoms with Gasteiger partial charge in [0.25, 0.3) is 5.16 Å². The van der Waals surface area contributed by atoms with Crippen LogP contribution < -0.4 is 5.32 Å². The molecule has 0 saturated carbocycles. The molecule has 0 radical (unpaired) electrons. The van der Waals surface area contributed by atoms with Crippen LogP contribution in [0.5, 0.6) is 0 Å². The van der Waals surface area contributed by atoms with Crippen LogP contribution in [0.3, 0.4) is 0 Å². The van der Waals surface area contributed by atoms with Gasteiger partial charge in [-0.3, -0.25) is 0 Å². The van der Waals surface area contributed by atoms with Crippen LogP contribution in [0.2, 0.25) is 25.7 Å². The normalized spacial score (nSPS) is 15.6. The summed E-state index contributed by atoms with van der Waals surface area (Å²) in [5.41, 5.74) is 6.54. The molecule has 2 aromatic rings. The Hall–Kier alpha value is -1.75. The van der Waals surface area contributed by atoms with Crippen molar-refractivity contribution in [1.29, 1.82) is 0 Å². The van der Waals surface area contributed by atoms with E-state index in [4.69, 9.17) is 9.84 Å². The highest BCUT2D eigenvalue weighted by Gasteiger charge is 2.27. The standard InChI is InChI=1S/C23H36N4O4SSi/c1-33(2,3)14-12-31-16-27-22(25-23(26-27)32(29,30)13-6-11-28)24-21-19-9-4-7-17(19)15-18-8-5-10-20(18)21/h15,28H,4-14,16H2,1-3H3,(H,24,25,26). The van der Waals surface area contributed by atoms with Crippen LogP contribution in [0.15, 0.2) is 11.2 Å². The minimum atomic E-state index is -3.68. The number of sulfone groups is 1. The maximum atomic E-state index is 12.7. The van der Waals surface area contributed by atoms with Gasteiger partial charge in [-0.1, -0.05) is 25.7 Å². The fourth-order valence-corrected chi connectivity index (χ4v) is 6.49. The van der Waals surface area contributed by atoms with Gasteiger partial charge in [0.15, 0.2) is 0 Å². The van der Waals surface area contributed by atoms with Crippen LogP contribution in [0.4, 0.5) is 11.6 Å². The van der Waals surface area contributed by atoms with E-state index in [1.54, 1.807) is 0 Å². The molecular formula is C23H36N4O4SSi. The molecule has 33 heavy (non-hydrogen) atoms. The minimum absolute atomic E-state index is 0.145. The van der Waals surface area contributed by atoms with Gasteiger partial charge in [0.1, 0.15) is 6.73 Å². The average molecular weight is 493 g/mol. The maximum absolute atomic E-state index is 12.7. The number of aryl methyl sites for hydroxylation is 2. The molecule has 0 unspecified atom stereocenters. The summed E-state index contributed by atoms with van der Waals surface area (Å²) in [5, 5.41) is 16.7. The van der Waals surface area contributed by atoms with Crippen molar-refractivity contribution in [3.05, 3.63) is 28.3 Å². The van der Waals surface area contributed by atoms with Gasteiger partial charge in [-0.05, 0) is 73.2 Å². The van der Waals surface area contributed by atoms with Gasteiger partial charge in [0, 0.05) is 27.0 Å².